The van der Waals surface area contributed by atoms with Gasteiger partial charge in [-0.05, 0) is 36.2 Å². The molecule has 7 nitrogen and oxygen atoms in total. The molecule has 0 aromatic heterocycles. The number of aliphatic hydroxyl groups excluding tert-OH is 1. The molecule has 1 heterocycles. The Labute approximate surface area is 238 Å². The number of hydrogen-bond acceptors (Lipinski definition) is 7. The Morgan fingerprint density at radius 3 is 2.28 bits per heavy atom. The highest BCUT2D eigenvalue weighted by atomic mass is 28.4. The Balaban J connectivity index is 2.11. The largest absolute Gasteiger partial charge is 0.411 e. The Morgan fingerprint density at radius 2 is 1.72 bits per heavy atom. The first-order valence-corrected chi connectivity index (χ1v) is 17.1. The fourth-order valence-electron chi connectivity index (χ4n) is 4.81. The van der Waals surface area contributed by atoms with Crippen molar-refractivity contribution in [2.45, 2.75) is 102 Å². The third-order valence-corrected chi connectivity index (χ3v) is 13.1. The monoisotopic (exact) mass is 566 g/mol. The van der Waals surface area contributed by atoms with Crippen LogP contribution in [0.15, 0.2) is 42.5 Å². The normalized spacial score (nSPS) is 28.1. The topological polar surface area (TPSA) is 75.6 Å². The number of benzene rings is 1. The van der Waals surface area contributed by atoms with Crippen molar-refractivity contribution < 1.29 is 33.2 Å². The van der Waals surface area contributed by atoms with E-state index in [1.54, 1.807) is 21.3 Å². The average Bonchev–Trinajstić information content (AvgIpc) is 2.89. The first kappa shape index (κ1) is 34.1. The highest BCUT2D eigenvalue weighted by Crippen LogP contribution is 2.42. The van der Waals surface area contributed by atoms with E-state index in [1.165, 1.54) is 0 Å². The zero-order chi connectivity index (χ0) is 29.3. The molecule has 1 aromatic rings. The average molecular weight is 567 g/mol. The van der Waals surface area contributed by atoms with Gasteiger partial charge in [-0.25, -0.2) is 0 Å². The van der Waals surface area contributed by atoms with E-state index >= 15 is 0 Å². The van der Waals surface area contributed by atoms with Gasteiger partial charge in [-0.15, -0.1) is 0 Å². The maximum atomic E-state index is 11.3. The minimum Gasteiger partial charge on any atom is -0.411 e. The van der Waals surface area contributed by atoms with Crippen LogP contribution in [-0.4, -0.2) is 78.2 Å². The molecule has 7 atom stereocenters. The summed E-state index contributed by atoms with van der Waals surface area (Å²) in [6.07, 6.45) is 4.07. The summed E-state index contributed by atoms with van der Waals surface area (Å²) in [5.41, 5.74) is 1.13. The zero-order valence-corrected chi connectivity index (χ0v) is 26.9. The maximum absolute atomic E-state index is 11.3. The fraction of sp³-hybridized carbons (Fsp3) is 0.742. The summed E-state index contributed by atoms with van der Waals surface area (Å²) in [5.74, 6) is -1.41. The molecule has 0 spiro atoms. The van der Waals surface area contributed by atoms with Crippen LogP contribution in [0.4, 0.5) is 0 Å². The Kier molecular flexibility index (Phi) is 13.3. The predicted molar refractivity (Wildman–Crippen MR) is 158 cm³/mol. The Morgan fingerprint density at radius 1 is 1.05 bits per heavy atom. The highest BCUT2D eigenvalue weighted by molar-refractivity contribution is 6.74. The molecule has 0 aliphatic carbocycles. The molecule has 1 aliphatic rings. The van der Waals surface area contributed by atoms with E-state index in [-0.39, 0.29) is 35.2 Å². The summed E-state index contributed by atoms with van der Waals surface area (Å²) in [7, 11) is 3.00. The number of methoxy groups -OCH3 is 3. The molecule has 39 heavy (non-hydrogen) atoms. The van der Waals surface area contributed by atoms with Gasteiger partial charge in [-0.2, -0.15) is 0 Å². The third kappa shape index (κ3) is 9.47. The quantitative estimate of drug-likeness (QED) is 0.207. The predicted octanol–water partition coefficient (Wildman–Crippen LogP) is 5.97. The van der Waals surface area contributed by atoms with Gasteiger partial charge in [0, 0.05) is 39.6 Å². The van der Waals surface area contributed by atoms with Crippen LogP contribution in [0.5, 0.6) is 0 Å². The number of aliphatic hydroxyl groups is 1. The van der Waals surface area contributed by atoms with Crippen molar-refractivity contribution in [3.8, 4) is 0 Å². The first-order valence-electron chi connectivity index (χ1n) is 14.2. The van der Waals surface area contributed by atoms with Crippen molar-refractivity contribution >= 4 is 8.32 Å². The molecule has 0 saturated carbocycles. The van der Waals surface area contributed by atoms with Gasteiger partial charge in [0.05, 0.1) is 44.2 Å². The van der Waals surface area contributed by atoms with E-state index < -0.39 is 20.2 Å². The molecule has 224 valence electrons. The summed E-state index contributed by atoms with van der Waals surface area (Å²) in [6.45, 7) is 16.7. The highest BCUT2D eigenvalue weighted by Gasteiger charge is 2.50. The lowest BCUT2D eigenvalue weighted by Crippen LogP contribution is -2.58. The molecule has 0 radical (unpaired) electrons. The summed E-state index contributed by atoms with van der Waals surface area (Å²) in [5, 5.41) is 11.3. The van der Waals surface area contributed by atoms with E-state index in [1.807, 2.05) is 56.3 Å². The molecule has 1 aromatic carbocycles. The zero-order valence-electron chi connectivity index (χ0n) is 25.9. The van der Waals surface area contributed by atoms with Gasteiger partial charge in [0.25, 0.3) is 0 Å². The smallest absolute Gasteiger partial charge is 0.192 e. The molecule has 1 saturated heterocycles. The van der Waals surface area contributed by atoms with Crippen LogP contribution in [0.1, 0.15) is 53.0 Å². The SMILES string of the molecule is COC[C@@H](C[C@H]1O[C@](/C=C/C[C@@H](COCc2ccccc2)OC)(OC)[C@H](C)[C@@H](O)[C@H]1C)O[Si](C)(C)C(C)(C)C. The molecule has 1 fully saturated rings. The van der Waals surface area contributed by atoms with Crippen LogP contribution >= 0.6 is 0 Å². The fourth-order valence-corrected chi connectivity index (χ4v) is 6.16. The second kappa shape index (κ2) is 15.2. The molecule has 1 aliphatic heterocycles. The van der Waals surface area contributed by atoms with Gasteiger partial charge < -0.3 is 33.2 Å². The van der Waals surface area contributed by atoms with Crippen LogP contribution < -0.4 is 0 Å². The van der Waals surface area contributed by atoms with E-state index in [0.717, 1.165) is 5.56 Å². The van der Waals surface area contributed by atoms with Crippen molar-refractivity contribution in [3.63, 3.8) is 0 Å². The standard InChI is InChI=1S/C31H54O7Si/c1-23-28(19-27(21-33-6)38-39(9,10)30(3,4)5)37-31(35-8,24(2)29(23)32)18-14-17-26(34-7)22-36-20-25-15-12-11-13-16-25/h11-16,18,23-24,26-29,32H,17,19-22H2,1-10H3/b18-14+/t23-,24+,26-,27+,28+,29-,31-/m0/s1. The van der Waals surface area contributed by atoms with Crippen molar-refractivity contribution in [2.24, 2.45) is 11.8 Å². The second-order valence-electron chi connectivity index (χ2n) is 12.4. The summed E-state index contributed by atoms with van der Waals surface area (Å²) in [4.78, 5) is 0. The molecule has 1 N–H and O–H groups in total. The first-order chi connectivity index (χ1) is 18.3. The van der Waals surface area contributed by atoms with Crippen molar-refractivity contribution in [1.29, 1.82) is 0 Å². The van der Waals surface area contributed by atoms with Crippen LogP contribution in [0.25, 0.3) is 0 Å². The van der Waals surface area contributed by atoms with Gasteiger partial charge in [-0.3, -0.25) is 0 Å². The minimum atomic E-state index is -2.03. The lowest BCUT2D eigenvalue weighted by molar-refractivity contribution is -0.305. The van der Waals surface area contributed by atoms with E-state index in [0.29, 0.717) is 32.7 Å². The Bertz CT molecular complexity index is 856. The molecule has 0 amide bonds. The van der Waals surface area contributed by atoms with E-state index in [2.05, 4.69) is 33.9 Å². The van der Waals surface area contributed by atoms with Gasteiger partial charge in [-0.1, -0.05) is 71.0 Å². The maximum Gasteiger partial charge on any atom is 0.192 e. The van der Waals surface area contributed by atoms with Crippen molar-refractivity contribution in [1.82, 2.24) is 0 Å². The number of rotatable bonds is 15. The van der Waals surface area contributed by atoms with Gasteiger partial charge in [0.2, 0.25) is 0 Å². The van der Waals surface area contributed by atoms with E-state index in [4.69, 9.17) is 28.1 Å². The summed E-state index contributed by atoms with van der Waals surface area (Å²) in [6, 6.07) is 10.1. The minimum absolute atomic E-state index is 0.0772. The van der Waals surface area contributed by atoms with Crippen molar-refractivity contribution in [2.75, 3.05) is 34.5 Å². The van der Waals surface area contributed by atoms with Crippen LogP contribution in [0, 0.1) is 11.8 Å². The number of ether oxygens (including phenoxy) is 5. The molecule has 0 bridgehead atoms. The Hall–Kier alpha value is -1.10. The van der Waals surface area contributed by atoms with Crippen LogP contribution in [0.2, 0.25) is 18.1 Å². The molecular weight excluding hydrogens is 512 g/mol. The van der Waals surface area contributed by atoms with Crippen molar-refractivity contribution in [3.05, 3.63) is 48.0 Å². The molecule has 0 unspecified atom stereocenters. The second-order valence-corrected chi connectivity index (χ2v) is 17.2. The van der Waals surface area contributed by atoms with Gasteiger partial charge in [0.15, 0.2) is 14.1 Å². The van der Waals surface area contributed by atoms with Gasteiger partial charge >= 0.3 is 0 Å². The van der Waals surface area contributed by atoms with Crippen LogP contribution in [-0.2, 0) is 34.7 Å². The molecule has 8 heteroatoms. The lowest BCUT2D eigenvalue weighted by atomic mass is 9.79. The lowest BCUT2D eigenvalue weighted by Gasteiger charge is -2.49. The summed E-state index contributed by atoms with van der Waals surface area (Å²) >= 11 is 0. The summed E-state index contributed by atoms with van der Waals surface area (Å²) < 4.78 is 36.5. The molecular formula is C31H54O7Si. The molecule has 2 rings (SSSR count). The third-order valence-electron chi connectivity index (χ3n) is 8.54. The van der Waals surface area contributed by atoms with Crippen LogP contribution in [0.3, 0.4) is 0 Å². The number of hydrogen-bond donors (Lipinski definition) is 1. The van der Waals surface area contributed by atoms with Gasteiger partial charge in [0.1, 0.15) is 0 Å². The van der Waals surface area contributed by atoms with E-state index in [9.17, 15) is 5.11 Å².